The average Bonchev–Trinajstić information content (AvgIpc) is 1.35. The molecule has 0 aliphatic heterocycles. The molecular weight excluding hydrogens is 64.0 g/mol. The Morgan fingerprint density at radius 3 is 2.20 bits per heavy atom. The highest BCUT2D eigenvalue weighted by atomic mass is 16.1. The third kappa shape index (κ3) is 3.67. The van der Waals surface area contributed by atoms with E-state index in [4.69, 9.17) is 1.37 Å². The van der Waals surface area contributed by atoms with Crippen molar-refractivity contribution in [3.05, 3.63) is 0 Å². The molecule has 0 aromatic heterocycles. The van der Waals surface area contributed by atoms with E-state index in [1.54, 1.807) is 13.8 Å². The second-order valence-electron chi connectivity index (χ2n) is 1.20. The van der Waals surface area contributed by atoms with Crippen molar-refractivity contribution in [2.75, 3.05) is 0 Å². The second-order valence-corrected chi connectivity index (χ2v) is 1.20. The molecular formula is C4H8O. The van der Waals surface area contributed by atoms with E-state index in [9.17, 15) is 4.79 Å². The van der Waals surface area contributed by atoms with Gasteiger partial charge in [-0.25, -0.2) is 0 Å². The Morgan fingerprint density at radius 2 is 2.20 bits per heavy atom. The Bertz CT molecular complexity index is 53.1. The topological polar surface area (TPSA) is 17.1 Å². The summed E-state index contributed by atoms with van der Waals surface area (Å²) in [5, 5.41) is 0. The molecule has 1 nitrogen and oxygen atoms in total. The summed E-state index contributed by atoms with van der Waals surface area (Å²) in [6.07, 6.45) is 0.604. The van der Waals surface area contributed by atoms with Gasteiger partial charge >= 0.3 is 0 Å². The van der Waals surface area contributed by atoms with Gasteiger partial charge in [0.15, 0.2) is 0 Å². The number of carbonyl (C=O) groups excluding carboxylic acids is 1. The van der Waals surface area contributed by atoms with Crippen molar-refractivity contribution in [3.8, 4) is 0 Å². The second kappa shape index (κ2) is 1.94. The highest BCUT2D eigenvalue weighted by Crippen LogP contribution is 1.78. The van der Waals surface area contributed by atoms with Crippen molar-refractivity contribution >= 4 is 6.29 Å². The van der Waals surface area contributed by atoms with Crippen LogP contribution in [0, 0.1) is 5.89 Å². The van der Waals surface area contributed by atoms with E-state index >= 15 is 0 Å². The predicted molar refractivity (Wildman–Crippen MR) is 20.9 cm³/mol. The summed E-state index contributed by atoms with van der Waals surface area (Å²) >= 11 is 0. The van der Waals surface area contributed by atoms with Crippen LogP contribution in [-0.4, -0.2) is 6.29 Å². The lowest BCUT2D eigenvalue weighted by Crippen LogP contribution is -1.82. The zero-order valence-corrected chi connectivity index (χ0v) is 3.49. The lowest BCUT2D eigenvalue weighted by atomic mass is 10.3. The average molecular weight is 73.1 g/mol. The molecule has 0 spiro atoms. The summed E-state index contributed by atoms with van der Waals surface area (Å²) in [5.74, 6) is -0.889. The summed E-state index contributed by atoms with van der Waals surface area (Å²) in [4.78, 5) is 9.64. The van der Waals surface area contributed by atoms with Gasteiger partial charge in [0.25, 0.3) is 0 Å². The molecule has 1 heteroatoms. The number of aldehydes is 1. The lowest BCUT2D eigenvalue weighted by molar-refractivity contribution is -0.110. The fraction of sp³-hybridized carbons (Fsp3) is 0.750. The molecule has 0 aliphatic carbocycles. The molecule has 0 unspecified atom stereocenters. The molecule has 0 rings (SSSR count). The maximum atomic E-state index is 9.64. The van der Waals surface area contributed by atoms with Crippen LogP contribution in [0.4, 0.5) is 0 Å². The van der Waals surface area contributed by atoms with Gasteiger partial charge in [-0.3, -0.25) is 0 Å². The zero-order chi connectivity index (χ0) is 5.21. The number of hydrogen-bond acceptors (Lipinski definition) is 1. The Labute approximate surface area is 33.4 Å². The molecule has 0 amide bonds. The van der Waals surface area contributed by atoms with Gasteiger partial charge in [-0.2, -0.15) is 0 Å². The van der Waals surface area contributed by atoms with Crippen LogP contribution >= 0.6 is 0 Å². The molecule has 0 N–H and O–H groups in total. The van der Waals surface area contributed by atoms with Crippen molar-refractivity contribution in [2.45, 2.75) is 13.8 Å². The van der Waals surface area contributed by atoms with Gasteiger partial charge in [-0.05, 0) is 0 Å². The van der Waals surface area contributed by atoms with Crippen LogP contribution in [0.5, 0.6) is 0 Å². The fourth-order valence-corrected chi connectivity index (χ4v) is 0. The van der Waals surface area contributed by atoms with Gasteiger partial charge in [-0.1, -0.05) is 13.8 Å². The number of hydrogen-bond donors (Lipinski definition) is 0. The first-order chi connectivity index (χ1) is 2.56. The summed E-state index contributed by atoms with van der Waals surface area (Å²) in [5.41, 5.74) is 0. The standard InChI is InChI=1S/C4H8O/c1-4(2)3-5/h3-4H,1-2H3/i4D. The first-order valence-electron chi connectivity index (χ1n) is 2.02. The van der Waals surface area contributed by atoms with Crippen molar-refractivity contribution in [3.63, 3.8) is 0 Å². The number of carbonyl (C=O) groups is 1. The molecule has 0 saturated carbocycles. The molecule has 0 heterocycles. The van der Waals surface area contributed by atoms with E-state index in [2.05, 4.69) is 0 Å². The molecule has 5 heavy (non-hydrogen) atoms. The summed E-state index contributed by atoms with van der Waals surface area (Å²) in [6.45, 7) is 3.08. The molecule has 0 aromatic carbocycles. The van der Waals surface area contributed by atoms with Crippen LogP contribution in [0.1, 0.15) is 15.2 Å². The molecule has 0 fully saturated rings. The van der Waals surface area contributed by atoms with E-state index in [1.165, 1.54) is 0 Å². The van der Waals surface area contributed by atoms with Crippen LogP contribution in [0.2, 0.25) is 0 Å². The summed E-state index contributed by atoms with van der Waals surface area (Å²) in [6, 6.07) is 0. The van der Waals surface area contributed by atoms with Gasteiger partial charge < -0.3 is 4.79 Å². The van der Waals surface area contributed by atoms with Gasteiger partial charge in [0.1, 0.15) is 6.29 Å². The molecule has 0 aliphatic rings. The Hall–Kier alpha value is -0.330. The van der Waals surface area contributed by atoms with Gasteiger partial charge in [-0.15, -0.1) is 0 Å². The monoisotopic (exact) mass is 73.1 g/mol. The largest absolute Gasteiger partial charge is 0.303 e. The van der Waals surface area contributed by atoms with Crippen LogP contribution in [-0.2, 0) is 4.79 Å². The minimum Gasteiger partial charge on any atom is -0.303 e. The van der Waals surface area contributed by atoms with Crippen LogP contribution < -0.4 is 0 Å². The van der Waals surface area contributed by atoms with E-state index in [-0.39, 0.29) is 0 Å². The van der Waals surface area contributed by atoms with Gasteiger partial charge in [0.2, 0.25) is 0 Å². The third-order valence-electron chi connectivity index (χ3n) is 0.236. The van der Waals surface area contributed by atoms with Crippen LogP contribution in [0.15, 0.2) is 0 Å². The Kier molecular flexibility index (Phi) is 1.12. The summed E-state index contributed by atoms with van der Waals surface area (Å²) < 4.78 is 6.81. The highest BCUT2D eigenvalue weighted by Gasteiger charge is 1.79. The Morgan fingerprint density at radius 1 is 2.00 bits per heavy atom. The van der Waals surface area contributed by atoms with E-state index in [0.29, 0.717) is 6.29 Å². The van der Waals surface area contributed by atoms with E-state index < -0.39 is 5.89 Å². The van der Waals surface area contributed by atoms with Crippen molar-refractivity contribution in [2.24, 2.45) is 5.89 Å². The minimum absolute atomic E-state index is 0.604. The van der Waals surface area contributed by atoms with Gasteiger partial charge in [0.05, 0.1) is 0 Å². The lowest BCUT2D eigenvalue weighted by Gasteiger charge is -1.78. The van der Waals surface area contributed by atoms with E-state index in [1.807, 2.05) is 0 Å². The predicted octanol–water partition coefficient (Wildman–Crippen LogP) is 0.841. The first kappa shape index (κ1) is 2.88. The fourth-order valence-electron chi connectivity index (χ4n) is 0. The molecule has 0 radical (unpaired) electrons. The highest BCUT2D eigenvalue weighted by molar-refractivity contribution is 5.51. The Balaban J connectivity index is 3.45. The quantitative estimate of drug-likeness (QED) is 0.420. The van der Waals surface area contributed by atoms with Gasteiger partial charge in [0, 0.05) is 7.26 Å². The number of rotatable bonds is 1. The summed E-state index contributed by atoms with van der Waals surface area (Å²) in [7, 11) is 0. The van der Waals surface area contributed by atoms with E-state index in [0.717, 1.165) is 0 Å². The van der Waals surface area contributed by atoms with Crippen molar-refractivity contribution < 1.29 is 6.17 Å². The van der Waals surface area contributed by atoms with Crippen molar-refractivity contribution in [1.29, 1.82) is 0 Å². The smallest absolute Gasteiger partial charge is 0.122 e. The van der Waals surface area contributed by atoms with Crippen LogP contribution in [0.3, 0.4) is 0 Å². The van der Waals surface area contributed by atoms with Crippen LogP contribution in [0.25, 0.3) is 0 Å². The molecule has 0 saturated heterocycles. The molecule has 0 atom stereocenters. The van der Waals surface area contributed by atoms with Crippen molar-refractivity contribution in [1.82, 2.24) is 0 Å². The normalized spacial score (nSPS) is 13.6. The third-order valence-corrected chi connectivity index (χ3v) is 0.236. The molecule has 0 aromatic rings. The minimum atomic E-state index is -0.889. The zero-order valence-electron chi connectivity index (χ0n) is 4.49. The SMILES string of the molecule is [2H]C(C)(C)C=O. The molecule has 30 valence electrons. The molecule has 0 bridgehead atoms. The maximum absolute atomic E-state index is 9.64. The maximum Gasteiger partial charge on any atom is 0.122 e. The first-order valence-corrected chi connectivity index (χ1v) is 1.52.